The fourth-order valence-corrected chi connectivity index (χ4v) is 3.94. The van der Waals surface area contributed by atoms with Crippen LogP contribution in [0.15, 0.2) is 0 Å². The van der Waals surface area contributed by atoms with E-state index in [2.05, 4.69) is 10.3 Å². The fourth-order valence-electron chi connectivity index (χ4n) is 3.94. The summed E-state index contributed by atoms with van der Waals surface area (Å²) in [6.45, 7) is 2.02. The van der Waals surface area contributed by atoms with E-state index in [4.69, 9.17) is 5.84 Å². The minimum absolute atomic E-state index is 0.0313. The first-order chi connectivity index (χ1) is 9.24. The molecule has 110 valence electrons. The standard InChI is InChI=1S/C15H29N3O/c1-12(15(19)17-16)18(13-8-4-2-5-9-13)14-10-6-3-7-11-14/h12-14H,2-11,16H2,1H3,(H,17,19). The second-order valence-electron chi connectivity index (χ2n) is 6.22. The first kappa shape index (κ1) is 14.8. The van der Waals surface area contributed by atoms with Crippen LogP contribution < -0.4 is 11.3 Å². The molecule has 0 aromatic rings. The maximum Gasteiger partial charge on any atom is 0.250 e. The van der Waals surface area contributed by atoms with Gasteiger partial charge in [-0.1, -0.05) is 38.5 Å². The van der Waals surface area contributed by atoms with Gasteiger partial charge in [0, 0.05) is 12.1 Å². The van der Waals surface area contributed by atoms with Crippen LogP contribution in [0.1, 0.15) is 71.1 Å². The largest absolute Gasteiger partial charge is 0.293 e. The highest BCUT2D eigenvalue weighted by molar-refractivity contribution is 5.80. The monoisotopic (exact) mass is 267 g/mol. The van der Waals surface area contributed by atoms with Gasteiger partial charge >= 0.3 is 0 Å². The summed E-state index contributed by atoms with van der Waals surface area (Å²) in [7, 11) is 0. The minimum atomic E-state index is -0.0869. The molecule has 0 aromatic heterocycles. The Bertz CT molecular complexity index is 265. The molecule has 19 heavy (non-hydrogen) atoms. The van der Waals surface area contributed by atoms with Gasteiger partial charge in [-0.05, 0) is 32.6 Å². The van der Waals surface area contributed by atoms with E-state index in [1.165, 1.54) is 64.2 Å². The molecule has 4 heteroatoms. The van der Waals surface area contributed by atoms with Crippen molar-refractivity contribution in [2.45, 2.75) is 89.3 Å². The Morgan fingerprint density at radius 1 is 1.00 bits per heavy atom. The number of rotatable bonds is 4. The summed E-state index contributed by atoms with van der Waals surface area (Å²) in [5.41, 5.74) is 2.34. The van der Waals surface area contributed by atoms with Crippen molar-refractivity contribution in [3.63, 3.8) is 0 Å². The van der Waals surface area contributed by atoms with E-state index in [0.717, 1.165) is 0 Å². The molecule has 0 heterocycles. The highest BCUT2D eigenvalue weighted by Crippen LogP contribution is 2.31. The molecule has 4 nitrogen and oxygen atoms in total. The summed E-state index contributed by atoms with van der Waals surface area (Å²) in [4.78, 5) is 14.5. The van der Waals surface area contributed by atoms with Crippen LogP contribution in [0.5, 0.6) is 0 Å². The van der Waals surface area contributed by atoms with Crippen molar-refractivity contribution < 1.29 is 4.79 Å². The Morgan fingerprint density at radius 3 is 1.79 bits per heavy atom. The van der Waals surface area contributed by atoms with Gasteiger partial charge in [0.25, 0.3) is 5.91 Å². The molecule has 0 aromatic carbocycles. The number of hydrazine groups is 1. The van der Waals surface area contributed by atoms with Gasteiger partial charge in [0.2, 0.25) is 0 Å². The van der Waals surface area contributed by atoms with Crippen LogP contribution in [0.3, 0.4) is 0 Å². The molecule has 2 aliphatic carbocycles. The number of hydrogen-bond acceptors (Lipinski definition) is 3. The van der Waals surface area contributed by atoms with Gasteiger partial charge in [0.05, 0.1) is 6.04 Å². The summed E-state index contributed by atoms with van der Waals surface area (Å²) < 4.78 is 0. The third-order valence-corrected chi connectivity index (χ3v) is 4.96. The summed E-state index contributed by atoms with van der Waals surface area (Å²) in [5.74, 6) is 5.31. The zero-order chi connectivity index (χ0) is 13.7. The van der Waals surface area contributed by atoms with E-state index in [9.17, 15) is 4.79 Å². The van der Waals surface area contributed by atoms with Crippen molar-refractivity contribution in [3.8, 4) is 0 Å². The first-order valence-corrected chi connectivity index (χ1v) is 8.02. The first-order valence-electron chi connectivity index (χ1n) is 8.02. The minimum Gasteiger partial charge on any atom is -0.293 e. The van der Waals surface area contributed by atoms with Crippen molar-refractivity contribution in [2.24, 2.45) is 5.84 Å². The van der Waals surface area contributed by atoms with Crippen LogP contribution in [-0.2, 0) is 4.79 Å². The number of nitrogens with two attached hydrogens (primary N) is 1. The average Bonchev–Trinajstić information content (AvgIpc) is 2.49. The molecular formula is C15H29N3O. The van der Waals surface area contributed by atoms with Crippen LogP contribution in [0.4, 0.5) is 0 Å². The van der Waals surface area contributed by atoms with Crippen molar-refractivity contribution >= 4 is 5.91 Å². The molecule has 0 saturated heterocycles. The number of carbonyl (C=O) groups is 1. The summed E-state index contributed by atoms with van der Waals surface area (Å²) in [5, 5.41) is 0. The summed E-state index contributed by atoms with van der Waals surface area (Å²) in [6, 6.07) is 1.09. The average molecular weight is 267 g/mol. The fraction of sp³-hybridized carbons (Fsp3) is 0.933. The lowest BCUT2D eigenvalue weighted by Gasteiger charge is -2.44. The van der Waals surface area contributed by atoms with Crippen molar-refractivity contribution in [3.05, 3.63) is 0 Å². The molecule has 2 fully saturated rings. The van der Waals surface area contributed by atoms with E-state index in [1.54, 1.807) is 0 Å². The molecule has 1 amide bonds. The van der Waals surface area contributed by atoms with E-state index < -0.39 is 0 Å². The summed E-state index contributed by atoms with van der Waals surface area (Å²) in [6.07, 6.45) is 12.9. The molecule has 2 rings (SSSR count). The Morgan fingerprint density at radius 2 is 1.42 bits per heavy atom. The normalized spacial score (nSPS) is 24.4. The van der Waals surface area contributed by atoms with Crippen LogP contribution in [-0.4, -0.2) is 28.9 Å². The van der Waals surface area contributed by atoms with E-state index in [-0.39, 0.29) is 11.9 Å². The van der Waals surface area contributed by atoms with Crippen molar-refractivity contribution in [1.82, 2.24) is 10.3 Å². The molecule has 3 N–H and O–H groups in total. The molecule has 0 spiro atoms. The topological polar surface area (TPSA) is 58.4 Å². The number of carbonyl (C=O) groups excluding carboxylic acids is 1. The SMILES string of the molecule is CC(C(=O)NN)N(C1CCCCC1)C1CCCCC1. The number of hydrogen-bond donors (Lipinski definition) is 2. The second kappa shape index (κ2) is 7.25. The molecular weight excluding hydrogens is 238 g/mol. The second-order valence-corrected chi connectivity index (χ2v) is 6.22. The molecule has 1 unspecified atom stereocenters. The number of nitrogens with one attached hydrogen (secondary N) is 1. The Balaban J connectivity index is 2.08. The number of amides is 1. The lowest BCUT2D eigenvalue weighted by molar-refractivity contribution is -0.128. The summed E-state index contributed by atoms with van der Waals surface area (Å²) >= 11 is 0. The van der Waals surface area contributed by atoms with Crippen LogP contribution in [0.25, 0.3) is 0 Å². The van der Waals surface area contributed by atoms with E-state index in [1.807, 2.05) is 6.92 Å². The van der Waals surface area contributed by atoms with Gasteiger partial charge in [-0.2, -0.15) is 0 Å². The van der Waals surface area contributed by atoms with Crippen molar-refractivity contribution in [1.29, 1.82) is 0 Å². The zero-order valence-corrected chi connectivity index (χ0v) is 12.2. The molecule has 1 atom stereocenters. The third-order valence-electron chi connectivity index (χ3n) is 4.96. The zero-order valence-electron chi connectivity index (χ0n) is 12.2. The highest BCUT2D eigenvalue weighted by Gasteiger charge is 2.34. The molecule has 2 aliphatic rings. The smallest absolute Gasteiger partial charge is 0.250 e. The van der Waals surface area contributed by atoms with Crippen molar-refractivity contribution in [2.75, 3.05) is 0 Å². The third kappa shape index (κ3) is 3.69. The molecule has 0 aliphatic heterocycles. The van der Waals surface area contributed by atoms with Gasteiger partial charge in [-0.3, -0.25) is 15.1 Å². The maximum atomic E-state index is 12.0. The highest BCUT2D eigenvalue weighted by atomic mass is 16.2. The van der Waals surface area contributed by atoms with E-state index >= 15 is 0 Å². The Labute approximate surface area is 117 Å². The van der Waals surface area contributed by atoms with E-state index in [0.29, 0.717) is 12.1 Å². The van der Waals surface area contributed by atoms with Crippen LogP contribution in [0.2, 0.25) is 0 Å². The van der Waals surface area contributed by atoms with Crippen LogP contribution in [0, 0.1) is 0 Å². The Kier molecular flexibility index (Phi) is 5.64. The van der Waals surface area contributed by atoms with Gasteiger partial charge in [0.1, 0.15) is 0 Å². The quantitative estimate of drug-likeness (QED) is 0.467. The van der Waals surface area contributed by atoms with Gasteiger partial charge in [-0.25, -0.2) is 5.84 Å². The van der Waals surface area contributed by atoms with Gasteiger partial charge in [0.15, 0.2) is 0 Å². The predicted molar refractivity (Wildman–Crippen MR) is 77.4 cm³/mol. The molecule has 0 radical (unpaired) electrons. The number of nitrogens with zero attached hydrogens (tertiary/aromatic N) is 1. The van der Waals surface area contributed by atoms with Gasteiger partial charge in [-0.15, -0.1) is 0 Å². The predicted octanol–water partition coefficient (Wildman–Crippen LogP) is 2.33. The molecule has 0 bridgehead atoms. The molecule has 2 saturated carbocycles. The lowest BCUT2D eigenvalue weighted by Crippen LogP contribution is -2.56. The van der Waals surface area contributed by atoms with Gasteiger partial charge < -0.3 is 0 Å². The Hall–Kier alpha value is -0.610. The van der Waals surface area contributed by atoms with Crippen LogP contribution >= 0.6 is 0 Å². The maximum absolute atomic E-state index is 12.0. The lowest BCUT2D eigenvalue weighted by atomic mass is 9.87.